The Morgan fingerprint density at radius 3 is 2.60 bits per heavy atom. The van der Waals surface area contributed by atoms with Crippen LogP contribution >= 0.6 is 0 Å². The average Bonchev–Trinajstić information content (AvgIpc) is 3.42. The van der Waals surface area contributed by atoms with Crippen molar-refractivity contribution in [2.24, 2.45) is 13.0 Å². The molecule has 3 aliphatic rings. The van der Waals surface area contributed by atoms with Gasteiger partial charge in [-0.2, -0.15) is 0 Å². The lowest BCUT2D eigenvalue weighted by molar-refractivity contribution is -0.120. The Kier molecular flexibility index (Phi) is 6.86. The second-order valence-corrected chi connectivity index (χ2v) is 11.9. The number of carbonyl (C=O) groups excluding carboxylic acids is 2. The molecule has 3 aromatic rings. The fourth-order valence-electron chi connectivity index (χ4n) is 6.27. The van der Waals surface area contributed by atoms with Crippen molar-refractivity contribution in [3.8, 4) is 17.3 Å². The maximum atomic E-state index is 12.4. The maximum absolute atomic E-state index is 12.4. The van der Waals surface area contributed by atoms with Crippen LogP contribution in [0.25, 0.3) is 11.5 Å². The number of fused-ring (bicyclic) bond motifs is 1. The van der Waals surface area contributed by atoms with Gasteiger partial charge in [-0.3, -0.25) is 19.9 Å². The number of nitrogens with zero attached hydrogens (tertiary/aromatic N) is 5. The molecule has 4 heterocycles. The van der Waals surface area contributed by atoms with E-state index in [9.17, 15) is 9.59 Å². The van der Waals surface area contributed by atoms with Crippen LogP contribution in [-0.4, -0.2) is 44.0 Å². The molecule has 2 atom stereocenters. The zero-order valence-electron chi connectivity index (χ0n) is 23.8. The molecule has 2 aliphatic heterocycles. The highest BCUT2D eigenvalue weighted by Gasteiger charge is 2.39. The van der Waals surface area contributed by atoms with E-state index in [1.807, 2.05) is 17.7 Å². The molecule has 0 unspecified atom stereocenters. The standard InChI is InChI=1S/C31H38N6O3/c1-20-7-5-6-8-25(20)40-23-12-9-21(10-13-23)18-36-19-22-11-14-24(33-28(22)31(36,2)3)29-32-17-27(35(29)4)37-16-15-26(38)34-30(37)39/h9-14,17,20,25H,5-8,15-16,18-19H2,1-4H3,(H,34,38,39)/t20-,25+/m1/s1. The fraction of sp³-hybridized carbons (Fsp3) is 0.484. The normalized spacial score (nSPS) is 22.8. The SMILES string of the molecule is C[C@@H]1CCCC[C@@H]1Oc1ccc(CN2Cc3ccc(-c4ncc(N5CCC(=O)NC5=O)n4C)nc3C2(C)C)cc1. The molecular formula is C31H38N6O3. The van der Waals surface area contributed by atoms with Gasteiger partial charge in [-0.05, 0) is 68.4 Å². The number of benzene rings is 1. The molecule has 1 N–H and O–H groups in total. The van der Waals surface area contributed by atoms with E-state index in [0.717, 1.165) is 36.6 Å². The minimum absolute atomic E-state index is 0.255. The zero-order chi connectivity index (χ0) is 28.0. The van der Waals surface area contributed by atoms with Crippen LogP contribution in [0.4, 0.5) is 10.6 Å². The zero-order valence-corrected chi connectivity index (χ0v) is 23.8. The van der Waals surface area contributed by atoms with Crippen LogP contribution in [0.1, 0.15) is 69.7 Å². The van der Waals surface area contributed by atoms with Gasteiger partial charge in [0, 0.05) is 33.1 Å². The monoisotopic (exact) mass is 542 g/mol. The largest absolute Gasteiger partial charge is 0.490 e. The summed E-state index contributed by atoms with van der Waals surface area (Å²) in [7, 11) is 1.87. The van der Waals surface area contributed by atoms with E-state index in [-0.39, 0.29) is 17.9 Å². The van der Waals surface area contributed by atoms with Gasteiger partial charge < -0.3 is 9.30 Å². The predicted molar refractivity (Wildman–Crippen MR) is 153 cm³/mol. The highest BCUT2D eigenvalue weighted by Crippen LogP contribution is 2.40. The highest BCUT2D eigenvalue weighted by molar-refractivity contribution is 6.05. The van der Waals surface area contributed by atoms with E-state index in [0.29, 0.717) is 30.2 Å². The van der Waals surface area contributed by atoms with Crippen LogP contribution in [-0.2, 0) is 30.5 Å². The number of imide groups is 1. The molecule has 9 nitrogen and oxygen atoms in total. The fourth-order valence-corrected chi connectivity index (χ4v) is 6.27. The van der Waals surface area contributed by atoms with Crippen molar-refractivity contribution in [2.45, 2.75) is 77.6 Å². The summed E-state index contributed by atoms with van der Waals surface area (Å²) >= 11 is 0. The van der Waals surface area contributed by atoms with Crippen molar-refractivity contribution in [1.82, 2.24) is 24.8 Å². The molecule has 9 heteroatoms. The summed E-state index contributed by atoms with van der Waals surface area (Å²) in [6.45, 7) is 8.70. The molecule has 1 aliphatic carbocycles. The molecular weight excluding hydrogens is 504 g/mol. The van der Waals surface area contributed by atoms with Gasteiger partial charge in [-0.1, -0.05) is 31.5 Å². The van der Waals surface area contributed by atoms with Gasteiger partial charge in [0.15, 0.2) is 5.82 Å². The summed E-state index contributed by atoms with van der Waals surface area (Å²) in [5.74, 6) is 2.63. The van der Waals surface area contributed by atoms with Crippen molar-refractivity contribution in [2.75, 3.05) is 11.4 Å². The number of imidazole rings is 1. The molecule has 1 saturated heterocycles. The Labute approximate surface area is 235 Å². The number of aromatic nitrogens is 3. The quantitative estimate of drug-likeness (QED) is 0.464. The maximum Gasteiger partial charge on any atom is 0.329 e. The van der Waals surface area contributed by atoms with Crippen LogP contribution in [0.2, 0.25) is 0 Å². The third-order valence-corrected chi connectivity index (χ3v) is 8.85. The Morgan fingerprint density at radius 1 is 1.07 bits per heavy atom. The van der Waals surface area contributed by atoms with Crippen LogP contribution in [0.15, 0.2) is 42.6 Å². The van der Waals surface area contributed by atoms with Crippen molar-refractivity contribution in [1.29, 1.82) is 0 Å². The number of pyridine rings is 1. The Bertz CT molecular complexity index is 1430. The van der Waals surface area contributed by atoms with Crippen LogP contribution in [0, 0.1) is 5.92 Å². The van der Waals surface area contributed by atoms with Crippen molar-refractivity contribution >= 4 is 17.8 Å². The van der Waals surface area contributed by atoms with E-state index in [1.54, 1.807) is 11.1 Å². The van der Waals surface area contributed by atoms with Gasteiger partial charge >= 0.3 is 6.03 Å². The van der Waals surface area contributed by atoms with Crippen molar-refractivity contribution in [3.63, 3.8) is 0 Å². The first-order valence-electron chi connectivity index (χ1n) is 14.3. The number of nitrogens with one attached hydrogen (secondary N) is 1. The minimum atomic E-state index is -0.423. The third kappa shape index (κ3) is 4.87. The Balaban J connectivity index is 1.17. The van der Waals surface area contributed by atoms with E-state index in [4.69, 9.17) is 9.72 Å². The second kappa shape index (κ2) is 10.4. The van der Waals surface area contributed by atoms with Gasteiger partial charge in [0.2, 0.25) is 5.91 Å². The summed E-state index contributed by atoms with van der Waals surface area (Å²) in [4.78, 5) is 37.6. The number of hydrogen-bond donors (Lipinski definition) is 1. The number of amides is 3. The Morgan fingerprint density at radius 2 is 1.85 bits per heavy atom. The highest BCUT2D eigenvalue weighted by atomic mass is 16.5. The van der Waals surface area contributed by atoms with Crippen molar-refractivity contribution in [3.05, 3.63) is 59.4 Å². The number of ether oxygens (including phenoxy) is 1. The summed E-state index contributed by atoms with van der Waals surface area (Å²) in [6, 6.07) is 12.3. The van der Waals surface area contributed by atoms with Crippen LogP contribution in [0.5, 0.6) is 5.75 Å². The van der Waals surface area contributed by atoms with Gasteiger partial charge in [0.25, 0.3) is 0 Å². The number of hydrogen-bond acceptors (Lipinski definition) is 6. The second-order valence-electron chi connectivity index (χ2n) is 11.9. The molecule has 210 valence electrons. The smallest absolute Gasteiger partial charge is 0.329 e. The average molecular weight is 543 g/mol. The van der Waals surface area contributed by atoms with E-state index in [1.165, 1.54) is 30.4 Å². The summed E-state index contributed by atoms with van der Waals surface area (Å²) < 4.78 is 8.19. The first-order chi connectivity index (χ1) is 19.2. The molecule has 0 radical (unpaired) electrons. The first kappa shape index (κ1) is 26.5. The molecule has 1 aromatic carbocycles. The summed E-state index contributed by atoms with van der Waals surface area (Å²) in [6.07, 6.45) is 7.22. The van der Waals surface area contributed by atoms with Crippen LogP contribution in [0.3, 0.4) is 0 Å². The summed E-state index contributed by atoms with van der Waals surface area (Å²) in [5.41, 5.74) is 4.00. The first-order valence-corrected chi connectivity index (χ1v) is 14.3. The lowest BCUT2D eigenvalue weighted by Gasteiger charge is -2.32. The van der Waals surface area contributed by atoms with E-state index < -0.39 is 6.03 Å². The van der Waals surface area contributed by atoms with E-state index in [2.05, 4.69) is 66.3 Å². The minimum Gasteiger partial charge on any atom is -0.490 e. The molecule has 0 spiro atoms. The molecule has 6 rings (SSSR count). The van der Waals surface area contributed by atoms with Gasteiger partial charge in [0.05, 0.1) is 17.4 Å². The van der Waals surface area contributed by atoms with E-state index >= 15 is 0 Å². The number of urea groups is 1. The molecule has 2 fully saturated rings. The molecule has 0 bridgehead atoms. The lowest BCUT2D eigenvalue weighted by Crippen LogP contribution is -2.50. The number of carbonyl (C=O) groups is 2. The predicted octanol–water partition coefficient (Wildman–Crippen LogP) is 5.14. The number of rotatable bonds is 6. The van der Waals surface area contributed by atoms with Gasteiger partial charge in [0.1, 0.15) is 23.4 Å². The Hall–Kier alpha value is -3.72. The summed E-state index contributed by atoms with van der Waals surface area (Å²) in [5, 5.41) is 2.38. The van der Waals surface area contributed by atoms with Gasteiger partial charge in [-0.15, -0.1) is 0 Å². The van der Waals surface area contributed by atoms with Gasteiger partial charge in [-0.25, -0.2) is 14.8 Å². The van der Waals surface area contributed by atoms with Crippen LogP contribution < -0.4 is 15.0 Å². The van der Waals surface area contributed by atoms with Crippen molar-refractivity contribution < 1.29 is 14.3 Å². The topological polar surface area (TPSA) is 92.6 Å². The third-order valence-electron chi connectivity index (χ3n) is 8.85. The number of anilines is 1. The molecule has 40 heavy (non-hydrogen) atoms. The lowest BCUT2D eigenvalue weighted by atomic mass is 9.88. The molecule has 3 amide bonds. The molecule has 2 aromatic heterocycles. The molecule has 1 saturated carbocycles.